The molecule has 2 nitrogen and oxygen atoms in total. The third kappa shape index (κ3) is 3.93. The number of para-hydroxylation sites is 1. The highest BCUT2D eigenvalue weighted by atomic mass is 32.2. The Labute approximate surface area is 109 Å². The Morgan fingerprint density at radius 1 is 1.29 bits per heavy atom. The SMILES string of the molecule is CCCSC(c1ccccc1OC)C(N)CC. The lowest BCUT2D eigenvalue weighted by atomic mass is 10.0. The van der Waals surface area contributed by atoms with E-state index >= 15 is 0 Å². The van der Waals surface area contributed by atoms with Gasteiger partial charge in [0.2, 0.25) is 0 Å². The van der Waals surface area contributed by atoms with E-state index in [1.54, 1.807) is 7.11 Å². The van der Waals surface area contributed by atoms with E-state index in [2.05, 4.69) is 26.0 Å². The standard InChI is InChI=1S/C14H23NOS/c1-4-10-17-14(12(15)5-2)11-8-6-7-9-13(11)16-3/h6-9,12,14H,4-5,10,15H2,1-3H3. The van der Waals surface area contributed by atoms with Crippen LogP contribution in [0.1, 0.15) is 37.5 Å². The minimum Gasteiger partial charge on any atom is -0.496 e. The molecular weight excluding hydrogens is 230 g/mol. The molecule has 0 saturated heterocycles. The first kappa shape index (κ1) is 14.4. The van der Waals surface area contributed by atoms with Crippen molar-refractivity contribution in [3.05, 3.63) is 29.8 Å². The summed E-state index contributed by atoms with van der Waals surface area (Å²) in [5, 5.41) is 0.330. The highest BCUT2D eigenvalue weighted by Crippen LogP contribution is 2.37. The van der Waals surface area contributed by atoms with Crippen molar-refractivity contribution in [2.24, 2.45) is 5.73 Å². The van der Waals surface area contributed by atoms with Crippen molar-refractivity contribution in [1.82, 2.24) is 0 Å². The van der Waals surface area contributed by atoms with E-state index in [4.69, 9.17) is 10.5 Å². The molecule has 1 aromatic rings. The Hall–Kier alpha value is -0.670. The summed E-state index contributed by atoms with van der Waals surface area (Å²) in [5.74, 6) is 2.08. The highest BCUT2D eigenvalue weighted by molar-refractivity contribution is 7.99. The minimum atomic E-state index is 0.183. The van der Waals surface area contributed by atoms with Gasteiger partial charge in [-0.05, 0) is 24.7 Å². The number of ether oxygens (including phenoxy) is 1. The van der Waals surface area contributed by atoms with Gasteiger partial charge in [0, 0.05) is 16.9 Å². The Balaban J connectivity index is 2.94. The van der Waals surface area contributed by atoms with Gasteiger partial charge in [-0.15, -0.1) is 0 Å². The Morgan fingerprint density at radius 3 is 2.59 bits per heavy atom. The van der Waals surface area contributed by atoms with Crippen LogP contribution in [-0.4, -0.2) is 18.9 Å². The molecule has 0 spiro atoms. The average Bonchev–Trinajstić information content (AvgIpc) is 2.39. The highest BCUT2D eigenvalue weighted by Gasteiger charge is 2.21. The van der Waals surface area contributed by atoms with Crippen molar-refractivity contribution in [1.29, 1.82) is 0 Å². The van der Waals surface area contributed by atoms with Crippen LogP contribution in [0.25, 0.3) is 0 Å². The van der Waals surface area contributed by atoms with Gasteiger partial charge in [-0.2, -0.15) is 11.8 Å². The third-order valence-electron chi connectivity index (χ3n) is 2.81. The number of rotatable bonds is 7. The van der Waals surface area contributed by atoms with Crippen molar-refractivity contribution in [2.75, 3.05) is 12.9 Å². The van der Waals surface area contributed by atoms with Crippen LogP contribution in [0.5, 0.6) is 5.75 Å². The maximum atomic E-state index is 6.24. The molecule has 2 atom stereocenters. The quantitative estimate of drug-likeness (QED) is 0.806. The Bertz CT molecular complexity index is 330. The van der Waals surface area contributed by atoms with Gasteiger partial charge >= 0.3 is 0 Å². The van der Waals surface area contributed by atoms with Crippen molar-refractivity contribution in [2.45, 2.75) is 38.0 Å². The van der Waals surface area contributed by atoms with Crippen molar-refractivity contribution >= 4 is 11.8 Å². The molecule has 0 saturated carbocycles. The van der Waals surface area contributed by atoms with E-state index in [1.165, 1.54) is 12.0 Å². The maximum absolute atomic E-state index is 6.24. The van der Waals surface area contributed by atoms with E-state index in [-0.39, 0.29) is 6.04 Å². The molecule has 0 aliphatic carbocycles. The molecule has 2 unspecified atom stereocenters. The maximum Gasteiger partial charge on any atom is 0.123 e. The van der Waals surface area contributed by atoms with Gasteiger partial charge < -0.3 is 10.5 Å². The molecule has 0 heterocycles. The fourth-order valence-electron chi connectivity index (χ4n) is 1.80. The van der Waals surface area contributed by atoms with Crippen LogP contribution in [0.4, 0.5) is 0 Å². The summed E-state index contributed by atoms with van der Waals surface area (Å²) in [5.41, 5.74) is 7.46. The molecule has 0 aliphatic heterocycles. The first-order valence-electron chi connectivity index (χ1n) is 6.24. The molecule has 17 heavy (non-hydrogen) atoms. The van der Waals surface area contributed by atoms with Gasteiger partial charge in [-0.25, -0.2) is 0 Å². The summed E-state index contributed by atoms with van der Waals surface area (Å²) < 4.78 is 5.43. The largest absolute Gasteiger partial charge is 0.496 e. The molecule has 0 aromatic heterocycles. The summed E-state index contributed by atoms with van der Waals surface area (Å²) in [7, 11) is 1.72. The monoisotopic (exact) mass is 253 g/mol. The fraction of sp³-hybridized carbons (Fsp3) is 0.571. The Morgan fingerprint density at radius 2 is 2.00 bits per heavy atom. The lowest BCUT2D eigenvalue weighted by molar-refractivity contribution is 0.407. The van der Waals surface area contributed by atoms with E-state index in [0.717, 1.165) is 17.9 Å². The number of hydrogen-bond donors (Lipinski definition) is 1. The predicted octanol–water partition coefficient (Wildman–Crippen LogP) is 3.62. The van der Waals surface area contributed by atoms with E-state index < -0.39 is 0 Å². The number of nitrogens with two attached hydrogens (primary N) is 1. The van der Waals surface area contributed by atoms with Crippen molar-refractivity contribution < 1.29 is 4.74 Å². The van der Waals surface area contributed by atoms with E-state index in [1.807, 2.05) is 23.9 Å². The third-order valence-corrected chi connectivity index (χ3v) is 4.41. The van der Waals surface area contributed by atoms with Crippen LogP contribution >= 0.6 is 11.8 Å². The molecular formula is C14H23NOS. The van der Waals surface area contributed by atoms with Gasteiger partial charge in [-0.3, -0.25) is 0 Å². The van der Waals surface area contributed by atoms with Crippen LogP contribution in [-0.2, 0) is 0 Å². The fourth-order valence-corrected chi connectivity index (χ4v) is 3.11. The minimum absolute atomic E-state index is 0.183. The molecule has 0 bridgehead atoms. The summed E-state index contributed by atoms with van der Waals surface area (Å²) >= 11 is 1.93. The molecule has 2 N–H and O–H groups in total. The predicted molar refractivity (Wildman–Crippen MR) is 76.8 cm³/mol. The summed E-state index contributed by atoms with van der Waals surface area (Å²) in [6.07, 6.45) is 2.16. The molecule has 1 rings (SSSR count). The second kappa shape index (κ2) is 7.62. The number of hydrogen-bond acceptors (Lipinski definition) is 3. The number of benzene rings is 1. The van der Waals surface area contributed by atoms with Crippen LogP contribution in [0.3, 0.4) is 0 Å². The molecule has 96 valence electrons. The first-order valence-corrected chi connectivity index (χ1v) is 7.29. The van der Waals surface area contributed by atoms with Gasteiger partial charge in [0.25, 0.3) is 0 Å². The van der Waals surface area contributed by atoms with Gasteiger partial charge in [0.05, 0.1) is 7.11 Å². The van der Waals surface area contributed by atoms with Crippen LogP contribution < -0.4 is 10.5 Å². The average molecular weight is 253 g/mol. The van der Waals surface area contributed by atoms with Gasteiger partial charge in [0.1, 0.15) is 5.75 Å². The second-order valence-corrected chi connectivity index (χ2v) is 5.35. The summed E-state index contributed by atoms with van der Waals surface area (Å²) in [6.45, 7) is 4.34. The van der Waals surface area contributed by atoms with Crippen molar-refractivity contribution in [3.8, 4) is 5.75 Å². The van der Waals surface area contributed by atoms with E-state index in [9.17, 15) is 0 Å². The summed E-state index contributed by atoms with van der Waals surface area (Å²) in [4.78, 5) is 0. The molecule has 3 heteroatoms. The second-order valence-electron chi connectivity index (χ2n) is 4.11. The lowest BCUT2D eigenvalue weighted by Gasteiger charge is -2.24. The van der Waals surface area contributed by atoms with Crippen molar-refractivity contribution in [3.63, 3.8) is 0 Å². The molecule has 1 aromatic carbocycles. The Kier molecular flexibility index (Phi) is 6.45. The zero-order valence-electron chi connectivity index (χ0n) is 11.0. The number of methoxy groups -OCH3 is 1. The molecule has 0 fully saturated rings. The molecule has 0 amide bonds. The van der Waals surface area contributed by atoms with Crippen LogP contribution in [0.2, 0.25) is 0 Å². The van der Waals surface area contributed by atoms with Crippen LogP contribution in [0, 0.1) is 0 Å². The normalized spacial score (nSPS) is 14.4. The van der Waals surface area contributed by atoms with Gasteiger partial charge in [0.15, 0.2) is 0 Å². The topological polar surface area (TPSA) is 35.2 Å². The van der Waals surface area contributed by atoms with E-state index in [0.29, 0.717) is 5.25 Å². The zero-order valence-corrected chi connectivity index (χ0v) is 11.8. The summed E-state index contributed by atoms with van der Waals surface area (Å²) in [6, 6.07) is 8.38. The molecule has 0 aliphatic rings. The zero-order chi connectivity index (χ0) is 12.7. The smallest absolute Gasteiger partial charge is 0.123 e. The van der Waals surface area contributed by atoms with Crippen LogP contribution in [0.15, 0.2) is 24.3 Å². The molecule has 0 radical (unpaired) electrons. The first-order chi connectivity index (χ1) is 8.24. The number of thioether (sulfide) groups is 1. The van der Waals surface area contributed by atoms with Gasteiger partial charge in [-0.1, -0.05) is 32.0 Å². The lowest BCUT2D eigenvalue weighted by Crippen LogP contribution is -2.26.